The Morgan fingerprint density at radius 2 is 2.05 bits per heavy atom. The molecule has 3 aromatic heterocycles. The van der Waals surface area contributed by atoms with Crippen LogP contribution < -0.4 is 5.32 Å². The summed E-state index contributed by atoms with van der Waals surface area (Å²) in [6.45, 7) is 0.527. The van der Waals surface area contributed by atoms with E-state index in [2.05, 4.69) is 20.6 Å². The zero-order valence-electron chi connectivity index (χ0n) is 10.2. The maximum absolute atomic E-state index is 8.73. The molecular formula is C13H13N5O. The van der Waals surface area contributed by atoms with Gasteiger partial charge in [0, 0.05) is 6.54 Å². The molecule has 0 saturated heterocycles. The summed E-state index contributed by atoms with van der Waals surface area (Å²) in [6, 6.07) is 11.6. The van der Waals surface area contributed by atoms with Crippen molar-refractivity contribution in [1.29, 1.82) is 0 Å². The molecule has 2 N–H and O–H groups in total. The number of nitrogens with one attached hydrogen (secondary N) is 1. The fourth-order valence-electron chi connectivity index (χ4n) is 1.89. The number of pyridine rings is 1. The van der Waals surface area contributed by atoms with Gasteiger partial charge in [-0.1, -0.05) is 6.07 Å². The summed E-state index contributed by atoms with van der Waals surface area (Å²) >= 11 is 0. The second-order valence-corrected chi connectivity index (χ2v) is 4.03. The van der Waals surface area contributed by atoms with Gasteiger partial charge in [0.1, 0.15) is 11.5 Å². The summed E-state index contributed by atoms with van der Waals surface area (Å²) in [5.74, 6) is 0.644. The number of hydrogen-bond acceptors (Lipinski definition) is 5. The predicted octanol–water partition coefficient (Wildman–Crippen LogP) is 1.20. The lowest BCUT2D eigenvalue weighted by atomic mass is 10.2. The quantitative estimate of drug-likeness (QED) is 0.732. The van der Waals surface area contributed by atoms with E-state index >= 15 is 0 Å². The second-order valence-electron chi connectivity index (χ2n) is 4.03. The zero-order valence-corrected chi connectivity index (χ0v) is 10.2. The largest absolute Gasteiger partial charge is 0.395 e. The highest BCUT2D eigenvalue weighted by atomic mass is 16.3. The minimum atomic E-state index is 0.0655. The number of nitrogens with zero attached hydrogens (tertiary/aromatic N) is 4. The van der Waals surface area contributed by atoms with Crippen LogP contribution in [0.25, 0.3) is 16.9 Å². The van der Waals surface area contributed by atoms with Crippen LogP contribution in [0.3, 0.4) is 0 Å². The maximum Gasteiger partial charge on any atom is 0.148 e. The molecule has 3 rings (SSSR count). The Labute approximate surface area is 109 Å². The molecule has 19 heavy (non-hydrogen) atoms. The number of aliphatic hydroxyl groups excluding tert-OH is 1. The third-order valence-corrected chi connectivity index (χ3v) is 2.77. The zero-order chi connectivity index (χ0) is 13.1. The van der Waals surface area contributed by atoms with E-state index in [0.717, 1.165) is 16.9 Å². The van der Waals surface area contributed by atoms with Crippen LogP contribution in [0.2, 0.25) is 0 Å². The molecule has 0 aromatic carbocycles. The van der Waals surface area contributed by atoms with Crippen molar-refractivity contribution in [3.05, 3.63) is 42.6 Å². The van der Waals surface area contributed by atoms with E-state index in [9.17, 15) is 0 Å². The molecule has 0 saturated carbocycles. The smallest absolute Gasteiger partial charge is 0.148 e. The normalized spacial score (nSPS) is 10.8. The van der Waals surface area contributed by atoms with E-state index in [0.29, 0.717) is 12.4 Å². The number of aliphatic hydroxyl groups is 1. The molecule has 0 aliphatic carbocycles. The topological polar surface area (TPSA) is 75.3 Å². The maximum atomic E-state index is 8.73. The molecule has 0 fully saturated rings. The Hall–Kier alpha value is -2.47. The van der Waals surface area contributed by atoms with Gasteiger partial charge in [-0.05, 0) is 30.3 Å². The summed E-state index contributed by atoms with van der Waals surface area (Å²) in [5, 5.41) is 24.2. The highest BCUT2D eigenvalue weighted by Gasteiger charge is 2.06. The van der Waals surface area contributed by atoms with Crippen molar-refractivity contribution in [1.82, 2.24) is 19.8 Å². The van der Waals surface area contributed by atoms with Gasteiger partial charge in [-0.3, -0.25) is 0 Å². The van der Waals surface area contributed by atoms with Crippen LogP contribution in [0, 0.1) is 0 Å². The van der Waals surface area contributed by atoms with E-state index in [1.54, 1.807) is 6.20 Å². The molecule has 6 nitrogen and oxygen atoms in total. The molecule has 0 amide bonds. The summed E-state index contributed by atoms with van der Waals surface area (Å²) in [4.78, 5) is 0. The molecule has 0 aliphatic rings. The van der Waals surface area contributed by atoms with E-state index < -0.39 is 0 Å². The average molecular weight is 255 g/mol. The van der Waals surface area contributed by atoms with Crippen molar-refractivity contribution >= 4 is 11.3 Å². The second kappa shape index (κ2) is 5.03. The minimum Gasteiger partial charge on any atom is -0.395 e. The van der Waals surface area contributed by atoms with Gasteiger partial charge in [-0.2, -0.15) is 5.10 Å². The molecule has 6 heteroatoms. The first-order chi connectivity index (χ1) is 9.38. The third-order valence-electron chi connectivity index (χ3n) is 2.77. The Bertz CT molecular complexity index is 677. The van der Waals surface area contributed by atoms with Gasteiger partial charge in [0.2, 0.25) is 0 Å². The fraction of sp³-hybridized carbons (Fsp3) is 0.154. The van der Waals surface area contributed by atoms with E-state index in [-0.39, 0.29) is 6.61 Å². The Balaban J connectivity index is 1.95. The number of fused-ring (bicyclic) bond motifs is 1. The molecule has 96 valence electrons. The average Bonchev–Trinajstić information content (AvgIpc) is 2.94. The fourth-order valence-corrected chi connectivity index (χ4v) is 1.89. The van der Waals surface area contributed by atoms with Crippen molar-refractivity contribution in [2.75, 3.05) is 18.5 Å². The highest BCUT2D eigenvalue weighted by molar-refractivity contribution is 5.61. The molecule has 0 aliphatic heterocycles. The van der Waals surface area contributed by atoms with E-state index in [1.165, 1.54) is 0 Å². The summed E-state index contributed by atoms with van der Waals surface area (Å²) in [6.07, 6.45) is 1.75. The first kappa shape index (κ1) is 11.6. The Kier molecular flexibility index (Phi) is 3.07. The van der Waals surface area contributed by atoms with Crippen LogP contribution in [0.4, 0.5) is 5.82 Å². The number of anilines is 1. The van der Waals surface area contributed by atoms with Gasteiger partial charge in [0.05, 0.1) is 24.0 Å². The van der Waals surface area contributed by atoms with Crippen LogP contribution in [-0.4, -0.2) is 38.1 Å². The highest BCUT2D eigenvalue weighted by Crippen LogP contribution is 2.18. The lowest BCUT2D eigenvalue weighted by Crippen LogP contribution is -2.07. The molecule has 0 unspecified atom stereocenters. The van der Waals surface area contributed by atoms with Crippen molar-refractivity contribution in [2.24, 2.45) is 0 Å². The van der Waals surface area contributed by atoms with Crippen molar-refractivity contribution in [3.63, 3.8) is 0 Å². The van der Waals surface area contributed by atoms with Crippen molar-refractivity contribution in [3.8, 4) is 11.4 Å². The lowest BCUT2D eigenvalue weighted by molar-refractivity contribution is 0.311. The molecule has 3 aromatic rings. The molecule has 0 atom stereocenters. The van der Waals surface area contributed by atoms with Gasteiger partial charge in [0.25, 0.3) is 0 Å². The molecular weight excluding hydrogens is 242 g/mol. The SMILES string of the molecule is OCCNc1ccc(-c2cccc3ccnn23)nn1. The van der Waals surface area contributed by atoms with Gasteiger partial charge in [-0.15, -0.1) is 10.2 Å². The van der Waals surface area contributed by atoms with Crippen molar-refractivity contribution in [2.45, 2.75) is 0 Å². The molecule has 0 bridgehead atoms. The van der Waals surface area contributed by atoms with Gasteiger partial charge in [0.15, 0.2) is 0 Å². The summed E-state index contributed by atoms with van der Waals surface area (Å²) in [5.41, 5.74) is 2.66. The van der Waals surface area contributed by atoms with Crippen molar-refractivity contribution < 1.29 is 5.11 Å². The van der Waals surface area contributed by atoms with Crippen LogP contribution in [0.5, 0.6) is 0 Å². The minimum absolute atomic E-state index is 0.0655. The lowest BCUT2D eigenvalue weighted by Gasteiger charge is -2.05. The number of hydrogen-bond donors (Lipinski definition) is 2. The summed E-state index contributed by atoms with van der Waals surface area (Å²) < 4.78 is 1.82. The number of rotatable bonds is 4. The predicted molar refractivity (Wildman–Crippen MR) is 71.8 cm³/mol. The van der Waals surface area contributed by atoms with Crippen LogP contribution in [0.15, 0.2) is 42.6 Å². The van der Waals surface area contributed by atoms with Gasteiger partial charge < -0.3 is 10.4 Å². The van der Waals surface area contributed by atoms with Crippen LogP contribution in [0.1, 0.15) is 0 Å². The monoisotopic (exact) mass is 255 g/mol. The number of aromatic nitrogens is 4. The molecule has 3 heterocycles. The third kappa shape index (κ3) is 2.25. The van der Waals surface area contributed by atoms with Crippen LogP contribution >= 0.6 is 0 Å². The van der Waals surface area contributed by atoms with Crippen LogP contribution in [-0.2, 0) is 0 Å². The Morgan fingerprint density at radius 1 is 1.11 bits per heavy atom. The first-order valence-electron chi connectivity index (χ1n) is 6.00. The van der Waals surface area contributed by atoms with Gasteiger partial charge in [-0.25, -0.2) is 4.52 Å². The molecule has 0 radical (unpaired) electrons. The molecule has 0 spiro atoms. The Morgan fingerprint density at radius 3 is 2.84 bits per heavy atom. The van der Waals surface area contributed by atoms with E-state index in [1.807, 2.05) is 40.9 Å². The standard InChI is InChI=1S/C13H13N5O/c19-9-8-14-13-5-4-11(16-17-13)12-3-1-2-10-6-7-15-18(10)12/h1-7,19H,8-9H2,(H,14,17). The van der Waals surface area contributed by atoms with Gasteiger partial charge >= 0.3 is 0 Å². The first-order valence-corrected chi connectivity index (χ1v) is 6.00. The van der Waals surface area contributed by atoms with E-state index in [4.69, 9.17) is 5.11 Å². The summed E-state index contributed by atoms with van der Waals surface area (Å²) in [7, 11) is 0.